The van der Waals surface area contributed by atoms with Gasteiger partial charge < -0.3 is 10.5 Å². The molecule has 1 aromatic carbocycles. The van der Waals surface area contributed by atoms with E-state index >= 15 is 0 Å². The van der Waals surface area contributed by atoms with Crippen LogP contribution < -0.4 is 10.5 Å². The second kappa shape index (κ2) is 5.54. The van der Waals surface area contributed by atoms with Gasteiger partial charge >= 0.3 is 0 Å². The maximum absolute atomic E-state index is 6.48. The second-order valence-electron chi connectivity index (χ2n) is 6.26. The minimum absolute atomic E-state index is 0.180. The fraction of sp³-hybridized carbons (Fsp3) is 0.647. The van der Waals surface area contributed by atoms with Crippen LogP contribution in [-0.4, -0.2) is 6.10 Å². The molecule has 0 aliphatic heterocycles. The molecule has 2 aliphatic carbocycles. The molecule has 104 valence electrons. The molecule has 0 bridgehead atoms. The zero-order valence-electron chi connectivity index (χ0n) is 11.8. The zero-order valence-corrected chi connectivity index (χ0v) is 11.8. The summed E-state index contributed by atoms with van der Waals surface area (Å²) in [5.74, 6) is 2.54. The van der Waals surface area contributed by atoms with Crippen LogP contribution in [0, 0.1) is 11.8 Å². The van der Waals surface area contributed by atoms with Gasteiger partial charge in [-0.15, -0.1) is 0 Å². The molecule has 2 fully saturated rings. The van der Waals surface area contributed by atoms with E-state index in [0.717, 1.165) is 11.7 Å². The van der Waals surface area contributed by atoms with Gasteiger partial charge in [0.15, 0.2) is 0 Å². The van der Waals surface area contributed by atoms with Gasteiger partial charge in [0.2, 0.25) is 0 Å². The number of hydrogen-bond donors (Lipinski definition) is 1. The highest BCUT2D eigenvalue weighted by Gasteiger charge is 2.29. The van der Waals surface area contributed by atoms with Crippen LogP contribution in [0.1, 0.15) is 57.1 Å². The highest BCUT2D eigenvalue weighted by atomic mass is 16.5. The van der Waals surface area contributed by atoms with Gasteiger partial charge in [0.25, 0.3) is 0 Å². The minimum atomic E-state index is 0.180. The van der Waals surface area contributed by atoms with E-state index in [0.29, 0.717) is 12.0 Å². The third-order valence-corrected chi connectivity index (χ3v) is 4.74. The summed E-state index contributed by atoms with van der Waals surface area (Å²) in [6.07, 6.45) is 8.11. The van der Waals surface area contributed by atoms with Crippen LogP contribution in [-0.2, 0) is 0 Å². The summed E-state index contributed by atoms with van der Waals surface area (Å²) in [6.45, 7) is 2.29. The van der Waals surface area contributed by atoms with Gasteiger partial charge in [-0.05, 0) is 55.2 Å². The standard InChI is InChI=1S/C17H25NO/c1-2-12-6-7-14(10-12)17(18)13-4-3-5-16(11-13)19-15-8-9-15/h3-5,11-12,14-15,17H,2,6-10,18H2,1H3. The molecule has 0 saturated heterocycles. The smallest absolute Gasteiger partial charge is 0.120 e. The van der Waals surface area contributed by atoms with Crippen LogP contribution in [0.5, 0.6) is 5.75 Å². The Morgan fingerprint density at radius 2 is 2.11 bits per heavy atom. The van der Waals surface area contributed by atoms with Crippen molar-refractivity contribution in [1.29, 1.82) is 0 Å². The molecule has 1 aromatic rings. The largest absolute Gasteiger partial charge is 0.490 e. The fourth-order valence-electron chi connectivity index (χ4n) is 3.26. The van der Waals surface area contributed by atoms with Crippen molar-refractivity contribution in [2.45, 2.75) is 57.6 Å². The third kappa shape index (κ3) is 3.11. The van der Waals surface area contributed by atoms with Gasteiger partial charge in [0, 0.05) is 6.04 Å². The Balaban J connectivity index is 1.66. The monoisotopic (exact) mass is 259 g/mol. The summed E-state index contributed by atoms with van der Waals surface area (Å²) in [4.78, 5) is 0. The van der Waals surface area contributed by atoms with Crippen LogP contribution >= 0.6 is 0 Å². The lowest BCUT2D eigenvalue weighted by atomic mass is 9.91. The van der Waals surface area contributed by atoms with Crippen LogP contribution in [0.4, 0.5) is 0 Å². The average molecular weight is 259 g/mol. The molecular weight excluding hydrogens is 234 g/mol. The molecular formula is C17H25NO. The van der Waals surface area contributed by atoms with E-state index < -0.39 is 0 Å². The van der Waals surface area contributed by atoms with Crippen LogP contribution in [0.25, 0.3) is 0 Å². The Bertz CT molecular complexity index is 427. The third-order valence-electron chi connectivity index (χ3n) is 4.74. The molecule has 2 saturated carbocycles. The molecule has 3 atom stereocenters. The summed E-state index contributed by atoms with van der Waals surface area (Å²) in [6, 6.07) is 8.63. The van der Waals surface area contributed by atoms with Crippen molar-refractivity contribution in [2.75, 3.05) is 0 Å². The molecule has 2 N–H and O–H groups in total. The van der Waals surface area contributed by atoms with E-state index in [1.54, 1.807) is 0 Å². The van der Waals surface area contributed by atoms with Gasteiger partial charge in [-0.25, -0.2) is 0 Å². The summed E-state index contributed by atoms with van der Waals surface area (Å²) in [5.41, 5.74) is 7.73. The molecule has 0 aromatic heterocycles. The van der Waals surface area contributed by atoms with Gasteiger partial charge in [-0.3, -0.25) is 0 Å². The Morgan fingerprint density at radius 3 is 2.79 bits per heavy atom. The van der Waals surface area contributed by atoms with E-state index in [2.05, 4.69) is 31.2 Å². The molecule has 19 heavy (non-hydrogen) atoms. The van der Waals surface area contributed by atoms with Crippen molar-refractivity contribution in [3.05, 3.63) is 29.8 Å². The van der Waals surface area contributed by atoms with Crippen LogP contribution in [0.3, 0.4) is 0 Å². The molecule has 2 heteroatoms. The summed E-state index contributed by atoms with van der Waals surface area (Å²) < 4.78 is 5.87. The van der Waals surface area contributed by atoms with Gasteiger partial charge in [-0.2, -0.15) is 0 Å². The van der Waals surface area contributed by atoms with Crippen molar-refractivity contribution in [3.8, 4) is 5.75 Å². The van der Waals surface area contributed by atoms with E-state index in [-0.39, 0.29) is 6.04 Å². The number of ether oxygens (including phenoxy) is 1. The van der Waals surface area contributed by atoms with Gasteiger partial charge in [-0.1, -0.05) is 31.9 Å². The predicted octanol–water partition coefficient (Wildman–Crippen LogP) is 4.05. The van der Waals surface area contributed by atoms with Crippen molar-refractivity contribution in [3.63, 3.8) is 0 Å². The average Bonchev–Trinajstić information content (AvgIpc) is 3.11. The highest BCUT2D eigenvalue weighted by Crippen LogP contribution is 2.40. The van der Waals surface area contributed by atoms with Crippen LogP contribution in [0.2, 0.25) is 0 Å². The minimum Gasteiger partial charge on any atom is -0.490 e. The Morgan fingerprint density at radius 1 is 1.26 bits per heavy atom. The molecule has 0 spiro atoms. The first-order valence-electron chi connectivity index (χ1n) is 7.78. The predicted molar refractivity (Wildman–Crippen MR) is 78.1 cm³/mol. The number of hydrogen-bond acceptors (Lipinski definition) is 2. The van der Waals surface area contributed by atoms with Gasteiger partial charge in [0.05, 0.1) is 6.10 Å². The number of nitrogens with two attached hydrogens (primary N) is 1. The lowest BCUT2D eigenvalue weighted by Gasteiger charge is -2.20. The van der Waals surface area contributed by atoms with Gasteiger partial charge in [0.1, 0.15) is 5.75 Å². The van der Waals surface area contributed by atoms with Crippen molar-refractivity contribution in [2.24, 2.45) is 17.6 Å². The van der Waals surface area contributed by atoms with E-state index in [1.807, 2.05) is 0 Å². The number of benzene rings is 1. The first-order chi connectivity index (χ1) is 9.26. The van der Waals surface area contributed by atoms with Crippen LogP contribution in [0.15, 0.2) is 24.3 Å². The zero-order chi connectivity index (χ0) is 13.2. The first kappa shape index (κ1) is 13.0. The maximum Gasteiger partial charge on any atom is 0.120 e. The highest BCUT2D eigenvalue weighted by molar-refractivity contribution is 5.31. The van der Waals surface area contributed by atoms with Crippen molar-refractivity contribution in [1.82, 2.24) is 0 Å². The molecule has 0 radical (unpaired) electrons. The number of rotatable bonds is 5. The SMILES string of the molecule is CCC1CCC(C(N)c2cccc(OC3CC3)c2)C1. The second-order valence-corrected chi connectivity index (χ2v) is 6.26. The molecule has 0 heterocycles. The quantitative estimate of drug-likeness (QED) is 0.865. The molecule has 2 nitrogen and oxygen atoms in total. The van der Waals surface area contributed by atoms with Crippen molar-refractivity contribution < 1.29 is 4.74 Å². The first-order valence-corrected chi connectivity index (χ1v) is 7.78. The summed E-state index contributed by atoms with van der Waals surface area (Å²) in [5, 5.41) is 0. The van der Waals surface area contributed by atoms with Crippen molar-refractivity contribution >= 4 is 0 Å². The topological polar surface area (TPSA) is 35.2 Å². The van der Waals surface area contributed by atoms with E-state index in [1.165, 1.54) is 44.1 Å². The summed E-state index contributed by atoms with van der Waals surface area (Å²) in [7, 11) is 0. The molecule has 3 unspecified atom stereocenters. The normalized spacial score (nSPS) is 28.3. The molecule has 0 amide bonds. The fourth-order valence-corrected chi connectivity index (χ4v) is 3.26. The molecule has 3 rings (SSSR count). The summed E-state index contributed by atoms with van der Waals surface area (Å²) >= 11 is 0. The Kier molecular flexibility index (Phi) is 3.79. The lowest BCUT2D eigenvalue weighted by Crippen LogP contribution is -2.19. The molecule has 2 aliphatic rings. The Hall–Kier alpha value is -1.02. The lowest BCUT2D eigenvalue weighted by molar-refractivity contribution is 0.302. The van der Waals surface area contributed by atoms with E-state index in [4.69, 9.17) is 10.5 Å². The Labute approximate surface area is 116 Å². The maximum atomic E-state index is 6.48. The van der Waals surface area contributed by atoms with E-state index in [9.17, 15) is 0 Å².